The van der Waals surface area contributed by atoms with Gasteiger partial charge in [-0.3, -0.25) is 4.79 Å². The maximum atomic E-state index is 11.7. The summed E-state index contributed by atoms with van der Waals surface area (Å²) in [7, 11) is 0. The highest BCUT2D eigenvalue weighted by molar-refractivity contribution is 5.82. The zero-order chi connectivity index (χ0) is 11.3. The molecule has 1 atom stereocenters. The van der Waals surface area contributed by atoms with Gasteiger partial charge in [-0.2, -0.15) is 0 Å². The molecular formula is C10H19N3O2. The molecule has 0 bridgehead atoms. The number of amidine groups is 1. The van der Waals surface area contributed by atoms with Gasteiger partial charge < -0.3 is 16.3 Å². The molecule has 1 rings (SSSR count). The molecule has 86 valence electrons. The molecule has 0 heterocycles. The molecule has 5 heteroatoms. The van der Waals surface area contributed by atoms with Crippen LogP contribution in [0.15, 0.2) is 5.16 Å². The Balaban J connectivity index is 2.30. The van der Waals surface area contributed by atoms with Crippen LogP contribution in [0.2, 0.25) is 0 Å². The third-order valence-electron chi connectivity index (χ3n) is 2.76. The fourth-order valence-electron chi connectivity index (χ4n) is 1.95. The van der Waals surface area contributed by atoms with Crippen molar-refractivity contribution in [3.8, 4) is 0 Å². The lowest BCUT2D eigenvalue weighted by Gasteiger charge is -2.16. The molecule has 0 aromatic carbocycles. The lowest BCUT2D eigenvalue weighted by Crippen LogP contribution is -2.38. The first-order valence-corrected chi connectivity index (χ1v) is 5.40. The van der Waals surface area contributed by atoms with Crippen molar-refractivity contribution in [3.05, 3.63) is 0 Å². The summed E-state index contributed by atoms with van der Waals surface area (Å²) in [6, 6.07) is -0.0750. The zero-order valence-corrected chi connectivity index (χ0v) is 9.07. The lowest BCUT2D eigenvalue weighted by atomic mass is 10.1. The Kier molecular flexibility index (Phi) is 4.39. The van der Waals surface area contributed by atoms with E-state index in [1.807, 2.05) is 6.92 Å². The van der Waals surface area contributed by atoms with Gasteiger partial charge in [0.1, 0.15) is 5.84 Å². The van der Waals surface area contributed by atoms with Crippen LogP contribution in [0, 0.1) is 5.92 Å². The summed E-state index contributed by atoms with van der Waals surface area (Å²) < 4.78 is 0. The van der Waals surface area contributed by atoms with Crippen molar-refractivity contribution in [2.45, 2.75) is 45.1 Å². The smallest absolute Gasteiger partial charge is 0.223 e. The van der Waals surface area contributed by atoms with Crippen molar-refractivity contribution in [2.24, 2.45) is 16.8 Å². The highest BCUT2D eigenvalue weighted by Crippen LogP contribution is 2.24. The normalized spacial score (nSPS) is 20.2. The molecule has 0 spiro atoms. The Morgan fingerprint density at radius 3 is 2.73 bits per heavy atom. The van der Waals surface area contributed by atoms with E-state index >= 15 is 0 Å². The standard InChI is InChI=1S/C10H19N3O2/c1-7(6-9(11)13-15)12-10(14)8-4-2-3-5-8/h7-8,15H,2-6H2,1H3,(H2,11,13)(H,12,14). The van der Waals surface area contributed by atoms with Crippen molar-refractivity contribution in [3.63, 3.8) is 0 Å². The molecule has 0 saturated heterocycles. The van der Waals surface area contributed by atoms with Crippen LogP contribution >= 0.6 is 0 Å². The Bertz CT molecular complexity index is 247. The van der Waals surface area contributed by atoms with Crippen LogP contribution in [-0.2, 0) is 4.79 Å². The predicted octanol–water partition coefficient (Wildman–Crippen LogP) is 0.818. The van der Waals surface area contributed by atoms with Gasteiger partial charge >= 0.3 is 0 Å². The average Bonchev–Trinajstić information content (AvgIpc) is 2.70. The van der Waals surface area contributed by atoms with Gasteiger partial charge in [0.25, 0.3) is 0 Å². The molecule has 1 amide bonds. The van der Waals surface area contributed by atoms with E-state index in [1.165, 1.54) is 0 Å². The second-order valence-corrected chi connectivity index (χ2v) is 4.19. The second kappa shape index (κ2) is 5.58. The van der Waals surface area contributed by atoms with Crippen molar-refractivity contribution in [1.82, 2.24) is 5.32 Å². The van der Waals surface area contributed by atoms with Crippen LogP contribution in [0.3, 0.4) is 0 Å². The first kappa shape index (κ1) is 11.8. The monoisotopic (exact) mass is 213 g/mol. The van der Waals surface area contributed by atoms with Gasteiger partial charge in [0.05, 0.1) is 0 Å². The average molecular weight is 213 g/mol. The number of carbonyl (C=O) groups is 1. The van der Waals surface area contributed by atoms with Gasteiger partial charge in [-0.1, -0.05) is 18.0 Å². The molecule has 1 aliphatic rings. The van der Waals surface area contributed by atoms with Crippen LogP contribution < -0.4 is 11.1 Å². The Hall–Kier alpha value is -1.26. The van der Waals surface area contributed by atoms with Gasteiger partial charge in [-0.05, 0) is 19.8 Å². The van der Waals surface area contributed by atoms with Crippen LogP contribution in [0.25, 0.3) is 0 Å². The van der Waals surface area contributed by atoms with E-state index in [2.05, 4.69) is 10.5 Å². The van der Waals surface area contributed by atoms with Crippen LogP contribution in [-0.4, -0.2) is 23.0 Å². The summed E-state index contributed by atoms with van der Waals surface area (Å²) in [5.74, 6) is 0.416. The Morgan fingerprint density at radius 2 is 2.20 bits per heavy atom. The van der Waals surface area contributed by atoms with E-state index in [4.69, 9.17) is 10.9 Å². The molecule has 4 N–H and O–H groups in total. The Labute approximate surface area is 89.7 Å². The number of amides is 1. The first-order valence-electron chi connectivity index (χ1n) is 5.40. The molecule has 5 nitrogen and oxygen atoms in total. The molecular weight excluding hydrogens is 194 g/mol. The number of hydrogen-bond donors (Lipinski definition) is 3. The summed E-state index contributed by atoms with van der Waals surface area (Å²) in [5.41, 5.74) is 5.35. The van der Waals surface area contributed by atoms with Crippen LogP contribution in [0.5, 0.6) is 0 Å². The summed E-state index contributed by atoms with van der Waals surface area (Å²) >= 11 is 0. The summed E-state index contributed by atoms with van der Waals surface area (Å²) in [6.45, 7) is 1.85. The largest absolute Gasteiger partial charge is 0.409 e. The van der Waals surface area contributed by atoms with E-state index in [0.29, 0.717) is 6.42 Å². The number of carbonyl (C=O) groups excluding carboxylic acids is 1. The van der Waals surface area contributed by atoms with Gasteiger partial charge in [-0.15, -0.1) is 0 Å². The third-order valence-corrected chi connectivity index (χ3v) is 2.76. The van der Waals surface area contributed by atoms with Gasteiger partial charge in [0, 0.05) is 18.4 Å². The van der Waals surface area contributed by atoms with E-state index < -0.39 is 0 Å². The summed E-state index contributed by atoms with van der Waals surface area (Å²) in [6.07, 6.45) is 4.65. The number of oxime groups is 1. The van der Waals surface area contributed by atoms with Gasteiger partial charge in [0.15, 0.2) is 0 Å². The molecule has 1 aliphatic carbocycles. The van der Waals surface area contributed by atoms with Crippen molar-refractivity contribution in [1.29, 1.82) is 0 Å². The first-order chi connectivity index (χ1) is 7.13. The van der Waals surface area contributed by atoms with Crippen molar-refractivity contribution < 1.29 is 10.0 Å². The molecule has 0 aliphatic heterocycles. The van der Waals surface area contributed by atoms with Crippen LogP contribution in [0.4, 0.5) is 0 Å². The molecule has 0 aromatic rings. The lowest BCUT2D eigenvalue weighted by molar-refractivity contribution is -0.125. The zero-order valence-electron chi connectivity index (χ0n) is 9.07. The highest BCUT2D eigenvalue weighted by atomic mass is 16.4. The quantitative estimate of drug-likeness (QED) is 0.279. The van der Waals surface area contributed by atoms with Crippen LogP contribution in [0.1, 0.15) is 39.0 Å². The van der Waals surface area contributed by atoms with Gasteiger partial charge in [-0.25, -0.2) is 0 Å². The molecule has 0 radical (unpaired) electrons. The Morgan fingerprint density at radius 1 is 1.60 bits per heavy atom. The maximum Gasteiger partial charge on any atom is 0.223 e. The predicted molar refractivity (Wildman–Crippen MR) is 57.6 cm³/mol. The fraction of sp³-hybridized carbons (Fsp3) is 0.800. The van der Waals surface area contributed by atoms with Crippen molar-refractivity contribution in [2.75, 3.05) is 0 Å². The minimum Gasteiger partial charge on any atom is -0.409 e. The van der Waals surface area contributed by atoms with E-state index in [0.717, 1.165) is 25.7 Å². The van der Waals surface area contributed by atoms with E-state index in [9.17, 15) is 4.79 Å². The number of nitrogens with two attached hydrogens (primary N) is 1. The fourth-order valence-corrected chi connectivity index (χ4v) is 1.95. The van der Waals surface area contributed by atoms with Crippen molar-refractivity contribution >= 4 is 11.7 Å². The van der Waals surface area contributed by atoms with E-state index in [-0.39, 0.29) is 23.7 Å². The SMILES string of the molecule is CC(CC(N)=NO)NC(=O)C1CCCC1. The minimum atomic E-state index is -0.0750. The summed E-state index contributed by atoms with van der Waals surface area (Å²) in [4.78, 5) is 11.7. The third kappa shape index (κ3) is 3.77. The number of rotatable bonds is 4. The number of hydrogen-bond acceptors (Lipinski definition) is 3. The van der Waals surface area contributed by atoms with E-state index in [1.54, 1.807) is 0 Å². The highest BCUT2D eigenvalue weighted by Gasteiger charge is 2.23. The topological polar surface area (TPSA) is 87.7 Å². The molecule has 15 heavy (non-hydrogen) atoms. The number of nitrogens with zero attached hydrogens (tertiary/aromatic N) is 1. The molecule has 1 unspecified atom stereocenters. The molecule has 0 aromatic heterocycles. The minimum absolute atomic E-state index is 0.0750. The van der Waals surface area contributed by atoms with Gasteiger partial charge in [0.2, 0.25) is 5.91 Å². The number of nitrogens with one attached hydrogen (secondary N) is 1. The maximum absolute atomic E-state index is 11.7. The second-order valence-electron chi connectivity index (χ2n) is 4.19. The molecule has 1 saturated carbocycles. The molecule has 1 fully saturated rings. The summed E-state index contributed by atoms with van der Waals surface area (Å²) in [5, 5.41) is 14.1.